The fourth-order valence-corrected chi connectivity index (χ4v) is 2.30. The Morgan fingerprint density at radius 1 is 1.43 bits per heavy atom. The molecule has 1 aromatic rings. The number of alkyl halides is 3. The molecule has 0 aromatic heterocycles. The van der Waals surface area contributed by atoms with E-state index in [1.54, 1.807) is 0 Å². The van der Waals surface area contributed by atoms with Crippen molar-refractivity contribution in [3.05, 3.63) is 24.3 Å². The van der Waals surface area contributed by atoms with Crippen LogP contribution in [-0.4, -0.2) is 25.4 Å². The van der Waals surface area contributed by atoms with Gasteiger partial charge in [0, 0.05) is 18.3 Å². The van der Waals surface area contributed by atoms with Crippen molar-refractivity contribution in [3.8, 4) is 5.75 Å². The second kappa shape index (κ2) is 5.93. The van der Waals surface area contributed by atoms with Gasteiger partial charge in [0.05, 0.1) is 5.41 Å². The molecular weight excluding hydrogens is 285 g/mol. The van der Waals surface area contributed by atoms with Crippen LogP contribution in [0.4, 0.5) is 18.9 Å². The van der Waals surface area contributed by atoms with Crippen molar-refractivity contribution in [2.75, 3.05) is 18.4 Å². The molecule has 1 aromatic carbocycles. The molecule has 0 bridgehead atoms. The molecule has 0 radical (unpaired) electrons. The molecule has 1 saturated heterocycles. The molecule has 0 spiro atoms. The molecule has 1 atom stereocenters. The molecule has 7 heteroatoms. The third-order valence-electron chi connectivity index (χ3n) is 3.47. The first kappa shape index (κ1) is 15.6. The van der Waals surface area contributed by atoms with E-state index in [1.807, 2.05) is 6.92 Å². The minimum Gasteiger partial charge on any atom is -0.406 e. The summed E-state index contributed by atoms with van der Waals surface area (Å²) in [7, 11) is 0. The molecule has 1 heterocycles. The van der Waals surface area contributed by atoms with Crippen molar-refractivity contribution in [1.82, 2.24) is 5.32 Å². The van der Waals surface area contributed by atoms with Crippen molar-refractivity contribution in [2.24, 2.45) is 5.41 Å². The Morgan fingerprint density at radius 2 is 2.19 bits per heavy atom. The number of hydrogen-bond donors (Lipinski definition) is 2. The smallest absolute Gasteiger partial charge is 0.406 e. The summed E-state index contributed by atoms with van der Waals surface area (Å²) in [5.41, 5.74) is -0.271. The summed E-state index contributed by atoms with van der Waals surface area (Å²) in [5, 5.41) is 5.80. The zero-order chi connectivity index (χ0) is 15.5. The van der Waals surface area contributed by atoms with E-state index in [9.17, 15) is 18.0 Å². The summed E-state index contributed by atoms with van der Waals surface area (Å²) >= 11 is 0. The third kappa shape index (κ3) is 4.35. The lowest BCUT2D eigenvalue weighted by atomic mass is 9.82. The Balaban J connectivity index is 2.05. The highest BCUT2D eigenvalue weighted by Gasteiger charge is 2.35. The van der Waals surface area contributed by atoms with E-state index in [2.05, 4.69) is 15.4 Å². The molecular formula is C14H17F3N2O2. The normalized spacial score (nSPS) is 22.7. The van der Waals surface area contributed by atoms with Crippen LogP contribution in [0.15, 0.2) is 24.3 Å². The number of halogens is 3. The summed E-state index contributed by atoms with van der Waals surface area (Å²) in [6.07, 6.45) is -3.12. The van der Waals surface area contributed by atoms with Gasteiger partial charge in [0.2, 0.25) is 5.91 Å². The van der Waals surface area contributed by atoms with Gasteiger partial charge >= 0.3 is 6.36 Å². The quantitative estimate of drug-likeness (QED) is 0.902. The molecule has 2 N–H and O–H groups in total. The van der Waals surface area contributed by atoms with Gasteiger partial charge in [-0.3, -0.25) is 4.79 Å². The largest absolute Gasteiger partial charge is 0.573 e. The Morgan fingerprint density at radius 3 is 2.81 bits per heavy atom. The van der Waals surface area contributed by atoms with Crippen LogP contribution in [0.5, 0.6) is 5.75 Å². The Kier molecular flexibility index (Phi) is 4.41. The average molecular weight is 302 g/mol. The number of rotatable bonds is 3. The van der Waals surface area contributed by atoms with Gasteiger partial charge in [0.25, 0.3) is 0 Å². The first-order valence-corrected chi connectivity index (χ1v) is 6.66. The number of hydrogen-bond acceptors (Lipinski definition) is 3. The molecule has 4 nitrogen and oxygen atoms in total. The van der Waals surface area contributed by atoms with Crippen LogP contribution in [0, 0.1) is 5.41 Å². The van der Waals surface area contributed by atoms with Gasteiger partial charge in [-0.1, -0.05) is 6.07 Å². The topological polar surface area (TPSA) is 50.4 Å². The number of nitrogens with one attached hydrogen (secondary N) is 2. The highest BCUT2D eigenvalue weighted by Crippen LogP contribution is 2.29. The van der Waals surface area contributed by atoms with Crippen LogP contribution in [0.1, 0.15) is 19.8 Å². The van der Waals surface area contributed by atoms with E-state index in [1.165, 1.54) is 18.2 Å². The van der Waals surface area contributed by atoms with Crippen molar-refractivity contribution < 1.29 is 22.7 Å². The monoisotopic (exact) mass is 302 g/mol. The summed E-state index contributed by atoms with van der Waals surface area (Å²) in [4.78, 5) is 12.3. The molecule has 1 aliphatic heterocycles. The molecule has 2 rings (SSSR count). The number of carbonyl (C=O) groups excluding carboxylic acids is 1. The molecule has 0 saturated carbocycles. The Bertz CT molecular complexity index is 511. The van der Waals surface area contributed by atoms with Crippen molar-refractivity contribution in [3.63, 3.8) is 0 Å². The number of ether oxygens (including phenoxy) is 1. The minimum absolute atomic E-state index is 0.209. The van der Waals surface area contributed by atoms with Crippen LogP contribution in [0.3, 0.4) is 0 Å². The van der Waals surface area contributed by atoms with E-state index in [0.717, 1.165) is 25.5 Å². The SMILES string of the molecule is CC1(C(=O)Nc2cccc(OC(F)(F)F)c2)CCCNC1. The average Bonchev–Trinajstić information content (AvgIpc) is 2.38. The summed E-state index contributed by atoms with van der Waals surface area (Å²) in [6.45, 7) is 3.26. The van der Waals surface area contributed by atoms with Crippen molar-refractivity contribution in [2.45, 2.75) is 26.1 Å². The predicted octanol–water partition coefficient (Wildman–Crippen LogP) is 2.91. The summed E-state index contributed by atoms with van der Waals surface area (Å²) in [5.74, 6) is -0.564. The van der Waals surface area contributed by atoms with E-state index >= 15 is 0 Å². The minimum atomic E-state index is -4.75. The number of piperidine rings is 1. The van der Waals surface area contributed by atoms with E-state index in [-0.39, 0.29) is 17.3 Å². The van der Waals surface area contributed by atoms with Gasteiger partial charge in [0.1, 0.15) is 5.75 Å². The van der Waals surface area contributed by atoms with Gasteiger partial charge in [-0.15, -0.1) is 13.2 Å². The maximum Gasteiger partial charge on any atom is 0.573 e. The summed E-state index contributed by atoms with van der Waals surface area (Å²) in [6, 6.07) is 5.27. The van der Waals surface area contributed by atoms with Gasteiger partial charge in [-0.2, -0.15) is 0 Å². The number of benzene rings is 1. The van der Waals surface area contributed by atoms with Gasteiger partial charge < -0.3 is 15.4 Å². The number of carbonyl (C=O) groups is 1. The lowest BCUT2D eigenvalue weighted by Gasteiger charge is -2.32. The van der Waals surface area contributed by atoms with Gasteiger partial charge in [0.15, 0.2) is 0 Å². The maximum atomic E-state index is 12.3. The summed E-state index contributed by atoms with van der Waals surface area (Å²) < 4.78 is 40.3. The van der Waals surface area contributed by atoms with E-state index in [0.29, 0.717) is 6.54 Å². The third-order valence-corrected chi connectivity index (χ3v) is 3.47. The van der Waals surface area contributed by atoms with E-state index in [4.69, 9.17) is 0 Å². The zero-order valence-electron chi connectivity index (χ0n) is 11.6. The second-order valence-corrected chi connectivity index (χ2v) is 5.37. The first-order chi connectivity index (χ1) is 9.78. The lowest BCUT2D eigenvalue weighted by Crippen LogP contribution is -2.46. The fraction of sp³-hybridized carbons (Fsp3) is 0.500. The molecule has 1 unspecified atom stereocenters. The van der Waals surface area contributed by atoms with Crippen LogP contribution >= 0.6 is 0 Å². The second-order valence-electron chi connectivity index (χ2n) is 5.37. The predicted molar refractivity (Wildman–Crippen MR) is 72.0 cm³/mol. The van der Waals surface area contributed by atoms with Crippen molar-refractivity contribution in [1.29, 1.82) is 0 Å². The highest BCUT2D eigenvalue weighted by molar-refractivity contribution is 5.95. The highest BCUT2D eigenvalue weighted by atomic mass is 19.4. The fourth-order valence-electron chi connectivity index (χ4n) is 2.30. The van der Waals surface area contributed by atoms with Crippen LogP contribution in [0.25, 0.3) is 0 Å². The van der Waals surface area contributed by atoms with Crippen molar-refractivity contribution >= 4 is 11.6 Å². The molecule has 1 aliphatic rings. The maximum absolute atomic E-state index is 12.3. The zero-order valence-corrected chi connectivity index (χ0v) is 11.6. The lowest BCUT2D eigenvalue weighted by molar-refractivity contribution is -0.274. The standard InChI is InChI=1S/C14H17F3N2O2/c1-13(6-3-7-18-9-13)12(20)19-10-4-2-5-11(8-10)21-14(15,16)17/h2,4-5,8,18H,3,6-7,9H2,1H3,(H,19,20). The molecule has 1 fully saturated rings. The number of anilines is 1. The molecule has 116 valence electrons. The first-order valence-electron chi connectivity index (χ1n) is 6.66. The Hall–Kier alpha value is -1.76. The number of amides is 1. The molecule has 21 heavy (non-hydrogen) atoms. The van der Waals surface area contributed by atoms with Gasteiger partial charge in [-0.05, 0) is 38.4 Å². The Labute approximate surface area is 120 Å². The molecule has 1 amide bonds. The van der Waals surface area contributed by atoms with Crippen LogP contribution < -0.4 is 15.4 Å². The van der Waals surface area contributed by atoms with E-state index < -0.39 is 11.8 Å². The van der Waals surface area contributed by atoms with Crippen LogP contribution in [0.2, 0.25) is 0 Å². The van der Waals surface area contributed by atoms with Crippen LogP contribution in [-0.2, 0) is 4.79 Å². The van der Waals surface area contributed by atoms with Gasteiger partial charge in [-0.25, -0.2) is 0 Å². The molecule has 0 aliphatic carbocycles.